The van der Waals surface area contributed by atoms with E-state index < -0.39 is 6.60 Å². The van der Waals surface area contributed by atoms with Crippen LogP contribution in [0.1, 0.15) is 42.0 Å². The van der Waals surface area contributed by atoms with Crippen molar-refractivity contribution in [2.24, 2.45) is 0 Å². The summed E-state index contributed by atoms with van der Waals surface area (Å²) in [6.45, 7) is 8.55. The molecule has 0 atom stereocenters. The Balaban J connectivity index is 1.95. The van der Waals surface area contributed by atoms with Crippen molar-refractivity contribution in [1.29, 1.82) is 0 Å². The minimum atomic E-state index is -2.88. The van der Waals surface area contributed by atoms with E-state index in [0.717, 1.165) is 0 Å². The molecule has 0 saturated carbocycles. The van der Waals surface area contributed by atoms with Gasteiger partial charge >= 0.3 is 199 Å². The van der Waals surface area contributed by atoms with E-state index in [4.69, 9.17) is 0 Å². The van der Waals surface area contributed by atoms with E-state index in [2.05, 4.69) is 107 Å². The van der Waals surface area contributed by atoms with Crippen molar-refractivity contribution >= 4 is 27.8 Å². The number of aryl methyl sites for hydroxylation is 4. The summed E-state index contributed by atoms with van der Waals surface area (Å²) in [5.41, 5.74) is 11.3. The van der Waals surface area contributed by atoms with E-state index in [1.807, 2.05) is 0 Å². The van der Waals surface area contributed by atoms with E-state index in [9.17, 15) is 0 Å². The average Bonchev–Trinajstić information content (AvgIpc) is 3.19. The van der Waals surface area contributed by atoms with Gasteiger partial charge in [-0.25, -0.2) is 0 Å². The molecule has 0 aromatic heterocycles. The van der Waals surface area contributed by atoms with Gasteiger partial charge in [0.15, 0.2) is 0 Å². The zero-order valence-electron chi connectivity index (χ0n) is 20.5. The van der Waals surface area contributed by atoms with Gasteiger partial charge in [0.05, 0.1) is 0 Å². The summed E-state index contributed by atoms with van der Waals surface area (Å²) in [7, 11) is 0. The number of benzene rings is 4. The van der Waals surface area contributed by atoms with Crippen LogP contribution in [0.5, 0.6) is 0 Å². The Morgan fingerprint density at radius 1 is 0.485 bits per heavy atom. The number of rotatable bonds is 3. The first-order valence-corrected chi connectivity index (χ1v) is 14.8. The number of unbranched alkanes of at least 4 members (excludes halogenated alkanes) is 1. The van der Waals surface area contributed by atoms with Gasteiger partial charge in [0, 0.05) is 0 Å². The van der Waals surface area contributed by atoms with Crippen molar-refractivity contribution in [3.05, 3.63) is 95.1 Å². The zero-order valence-corrected chi connectivity index (χ0v) is 21.4. The third-order valence-electron chi connectivity index (χ3n) is 8.28. The van der Waals surface area contributed by atoms with Crippen LogP contribution in [-0.2, 0) is 0 Å². The van der Waals surface area contributed by atoms with Crippen LogP contribution in [0.2, 0.25) is 0 Å². The SMILES string of the molecule is CCCCP12(c3cc(C)ccc3-c3ccc(C)cc31)c1cc(C)ccc1-c1ccc(C)cc12. The molecule has 6 rings (SSSR count). The predicted molar refractivity (Wildman–Crippen MR) is 148 cm³/mol. The summed E-state index contributed by atoms with van der Waals surface area (Å²) in [6.07, 6.45) is 3.67. The van der Waals surface area contributed by atoms with Gasteiger partial charge in [-0.05, 0) is 0 Å². The van der Waals surface area contributed by atoms with Gasteiger partial charge < -0.3 is 0 Å². The van der Waals surface area contributed by atoms with Crippen LogP contribution in [0.4, 0.5) is 0 Å². The fourth-order valence-electron chi connectivity index (χ4n) is 6.85. The van der Waals surface area contributed by atoms with Gasteiger partial charge in [-0.15, -0.1) is 0 Å². The summed E-state index contributed by atoms with van der Waals surface area (Å²) >= 11 is 0. The van der Waals surface area contributed by atoms with Crippen LogP contribution in [0, 0.1) is 27.7 Å². The minimum absolute atomic E-state index is 1.21. The standard InChI is InChI=1S/C32H33P/c1-6-7-16-33(29-17-21(2)8-12-25(29)26-13-9-22(3)18-30(26)33)31-19-23(4)10-14-27(31)28-15-11-24(5)20-32(28)33/h8-15,17-20H,6-7,16H2,1-5H3. The molecule has 1 heteroatoms. The van der Waals surface area contributed by atoms with Crippen LogP contribution in [0.3, 0.4) is 0 Å². The predicted octanol–water partition coefficient (Wildman–Crippen LogP) is 6.84. The van der Waals surface area contributed by atoms with Gasteiger partial charge in [0.25, 0.3) is 0 Å². The van der Waals surface area contributed by atoms with Crippen molar-refractivity contribution in [2.45, 2.75) is 47.5 Å². The molecule has 2 aliphatic heterocycles. The Morgan fingerprint density at radius 3 is 1.06 bits per heavy atom. The van der Waals surface area contributed by atoms with E-state index in [1.54, 1.807) is 21.2 Å². The van der Waals surface area contributed by atoms with Crippen molar-refractivity contribution in [1.82, 2.24) is 0 Å². The molecule has 0 aliphatic carbocycles. The molecule has 1 spiro atoms. The third-order valence-corrected chi connectivity index (χ3v) is 15.2. The molecule has 166 valence electrons. The van der Waals surface area contributed by atoms with Crippen LogP contribution < -0.4 is 21.2 Å². The van der Waals surface area contributed by atoms with E-state index in [-0.39, 0.29) is 0 Å². The molecule has 2 heterocycles. The summed E-state index contributed by atoms with van der Waals surface area (Å²) in [5, 5.41) is 6.47. The summed E-state index contributed by atoms with van der Waals surface area (Å²) in [4.78, 5) is 0. The first kappa shape index (κ1) is 20.9. The molecule has 0 N–H and O–H groups in total. The van der Waals surface area contributed by atoms with Gasteiger partial charge in [0.1, 0.15) is 0 Å². The molecule has 0 fully saturated rings. The molecule has 0 saturated heterocycles. The van der Waals surface area contributed by atoms with Crippen molar-refractivity contribution in [2.75, 3.05) is 6.16 Å². The summed E-state index contributed by atoms with van der Waals surface area (Å²) < 4.78 is 0. The molecule has 4 aromatic carbocycles. The molecule has 2 aliphatic rings. The Kier molecular flexibility index (Phi) is 4.37. The number of hydrogen-bond acceptors (Lipinski definition) is 0. The maximum atomic E-state index is 2.56. The van der Waals surface area contributed by atoms with Crippen molar-refractivity contribution in [3.8, 4) is 22.3 Å². The Labute approximate surface area is 198 Å². The van der Waals surface area contributed by atoms with Crippen LogP contribution in [-0.4, -0.2) is 6.16 Å². The summed E-state index contributed by atoms with van der Waals surface area (Å²) in [6, 6.07) is 29.1. The number of hydrogen-bond donors (Lipinski definition) is 0. The molecule has 4 aromatic rings. The maximum absolute atomic E-state index is 2.88. The molecular formula is C32H33P. The fraction of sp³-hybridized carbons (Fsp3) is 0.250. The second-order valence-electron chi connectivity index (χ2n) is 10.5. The second kappa shape index (κ2) is 6.91. The zero-order chi connectivity index (χ0) is 23.0. The van der Waals surface area contributed by atoms with Crippen molar-refractivity contribution in [3.63, 3.8) is 0 Å². The average molecular weight is 449 g/mol. The van der Waals surface area contributed by atoms with Gasteiger partial charge in [-0.1, -0.05) is 0 Å². The summed E-state index contributed by atoms with van der Waals surface area (Å²) in [5.74, 6) is 0. The molecule has 0 amide bonds. The quantitative estimate of drug-likeness (QED) is 0.301. The Morgan fingerprint density at radius 2 is 0.788 bits per heavy atom. The van der Waals surface area contributed by atoms with Crippen LogP contribution >= 0.6 is 6.60 Å². The first-order chi connectivity index (χ1) is 15.9. The van der Waals surface area contributed by atoms with Crippen LogP contribution in [0.25, 0.3) is 22.3 Å². The molecular weight excluding hydrogens is 415 g/mol. The Hall–Kier alpha value is -2.69. The molecule has 0 radical (unpaired) electrons. The second-order valence-corrected chi connectivity index (χ2v) is 15.4. The van der Waals surface area contributed by atoms with Gasteiger partial charge in [-0.2, -0.15) is 0 Å². The van der Waals surface area contributed by atoms with E-state index in [1.165, 1.54) is 63.5 Å². The van der Waals surface area contributed by atoms with Gasteiger partial charge in [-0.3, -0.25) is 0 Å². The fourth-order valence-corrected chi connectivity index (χ4v) is 15.2. The molecule has 0 unspecified atom stereocenters. The first-order valence-electron chi connectivity index (χ1n) is 12.4. The van der Waals surface area contributed by atoms with E-state index in [0.29, 0.717) is 0 Å². The molecule has 0 bridgehead atoms. The molecule has 0 nitrogen and oxygen atoms in total. The third kappa shape index (κ3) is 2.41. The van der Waals surface area contributed by atoms with E-state index >= 15 is 0 Å². The molecule has 33 heavy (non-hydrogen) atoms. The normalized spacial score (nSPS) is 17.1. The number of fused-ring (bicyclic) bond motifs is 10. The Bertz CT molecular complexity index is 1240. The van der Waals surface area contributed by atoms with Gasteiger partial charge in [0.2, 0.25) is 0 Å². The monoisotopic (exact) mass is 448 g/mol. The topological polar surface area (TPSA) is 0 Å². The van der Waals surface area contributed by atoms with Crippen molar-refractivity contribution < 1.29 is 0 Å². The van der Waals surface area contributed by atoms with Crippen LogP contribution in [0.15, 0.2) is 72.8 Å².